The monoisotopic (exact) mass is 283 g/mol. The van der Waals surface area contributed by atoms with E-state index in [1.165, 1.54) is 5.56 Å². The molecule has 0 aliphatic carbocycles. The number of benzene rings is 1. The molecule has 110 valence electrons. The number of aromatic nitrogens is 1. The van der Waals surface area contributed by atoms with Gasteiger partial charge in [0.05, 0.1) is 5.56 Å². The number of pyridine rings is 1. The van der Waals surface area contributed by atoms with Gasteiger partial charge in [0.25, 0.3) is 5.91 Å². The second kappa shape index (κ2) is 7.43. The Bertz CT molecular complexity index is 582. The fraction of sp³-hybridized carbons (Fsp3) is 0.294. The van der Waals surface area contributed by atoms with Crippen molar-refractivity contribution in [1.29, 1.82) is 0 Å². The first kappa shape index (κ1) is 15.0. The van der Waals surface area contributed by atoms with Crippen LogP contribution in [0.4, 0.5) is 5.82 Å². The second-order valence-electron chi connectivity index (χ2n) is 5.19. The number of anilines is 1. The lowest BCUT2D eigenvalue weighted by molar-refractivity contribution is 0.0954. The van der Waals surface area contributed by atoms with Crippen molar-refractivity contribution in [3.8, 4) is 0 Å². The molecule has 1 amide bonds. The quantitative estimate of drug-likeness (QED) is 0.857. The molecule has 0 bridgehead atoms. The van der Waals surface area contributed by atoms with Crippen LogP contribution in [0.25, 0.3) is 0 Å². The summed E-state index contributed by atoms with van der Waals surface area (Å²) in [6, 6.07) is 13.9. The highest BCUT2D eigenvalue weighted by molar-refractivity contribution is 5.98. The minimum Gasteiger partial charge on any atom is -0.367 e. The van der Waals surface area contributed by atoms with E-state index in [1.807, 2.05) is 32.0 Å². The Morgan fingerprint density at radius 2 is 1.90 bits per heavy atom. The molecular weight excluding hydrogens is 262 g/mol. The van der Waals surface area contributed by atoms with E-state index in [2.05, 4.69) is 27.8 Å². The van der Waals surface area contributed by atoms with Gasteiger partial charge in [0.2, 0.25) is 0 Å². The fourth-order valence-electron chi connectivity index (χ4n) is 2.04. The summed E-state index contributed by atoms with van der Waals surface area (Å²) >= 11 is 0. The molecular formula is C17H21N3O. The van der Waals surface area contributed by atoms with Crippen molar-refractivity contribution in [3.63, 3.8) is 0 Å². The summed E-state index contributed by atoms with van der Waals surface area (Å²) in [5.41, 5.74) is 1.80. The van der Waals surface area contributed by atoms with Gasteiger partial charge in [0, 0.05) is 18.8 Å². The van der Waals surface area contributed by atoms with Crippen LogP contribution in [0.2, 0.25) is 0 Å². The molecule has 1 aromatic carbocycles. The molecule has 0 saturated carbocycles. The molecule has 0 fully saturated rings. The highest BCUT2D eigenvalue weighted by Crippen LogP contribution is 2.12. The molecule has 2 N–H and O–H groups in total. The van der Waals surface area contributed by atoms with Crippen molar-refractivity contribution in [3.05, 3.63) is 59.8 Å². The van der Waals surface area contributed by atoms with Gasteiger partial charge in [-0.15, -0.1) is 0 Å². The van der Waals surface area contributed by atoms with Crippen LogP contribution in [-0.4, -0.2) is 23.5 Å². The molecule has 1 heterocycles. The molecule has 1 aromatic heterocycles. The van der Waals surface area contributed by atoms with Gasteiger partial charge < -0.3 is 10.6 Å². The first-order valence-corrected chi connectivity index (χ1v) is 7.20. The molecule has 0 saturated heterocycles. The van der Waals surface area contributed by atoms with Crippen LogP contribution < -0.4 is 10.6 Å². The first-order chi connectivity index (χ1) is 10.2. The number of carbonyl (C=O) groups excluding carboxylic acids is 1. The van der Waals surface area contributed by atoms with E-state index in [1.54, 1.807) is 18.3 Å². The zero-order valence-electron chi connectivity index (χ0n) is 12.5. The predicted molar refractivity (Wildman–Crippen MR) is 85.5 cm³/mol. The van der Waals surface area contributed by atoms with Crippen molar-refractivity contribution in [1.82, 2.24) is 10.3 Å². The third-order valence-corrected chi connectivity index (χ3v) is 3.02. The van der Waals surface area contributed by atoms with E-state index in [9.17, 15) is 4.79 Å². The van der Waals surface area contributed by atoms with Gasteiger partial charge in [0.1, 0.15) is 5.82 Å². The largest absolute Gasteiger partial charge is 0.367 e. The van der Waals surface area contributed by atoms with Crippen molar-refractivity contribution in [2.45, 2.75) is 26.3 Å². The van der Waals surface area contributed by atoms with Crippen molar-refractivity contribution in [2.75, 3.05) is 11.9 Å². The van der Waals surface area contributed by atoms with Crippen LogP contribution in [0, 0.1) is 0 Å². The summed E-state index contributed by atoms with van der Waals surface area (Å²) in [4.78, 5) is 16.5. The van der Waals surface area contributed by atoms with E-state index in [-0.39, 0.29) is 11.9 Å². The van der Waals surface area contributed by atoms with Crippen molar-refractivity contribution in [2.24, 2.45) is 0 Å². The maximum Gasteiger partial charge on any atom is 0.255 e. The average Bonchev–Trinajstić information content (AvgIpc) is 2.48. The van der Waals surface area contributed by atoms with Crippen LogP contribution in [-0.2, 0) is 6.42 Å². The maximum atomic E-state index is 12.2. The number of hydrogen-bond donors (Lipinski definition) is 2. The van der Waals surface area contributed by atoms with Crippen molar-refractivity contribution < 1.29 is 4.79 Å². The Hall–Kier alpha value is -2.36. The first-order valence-electron chi connectivity index (χ1n) is 7.20. The van der Waals surface area contributed by atoms with Crippen LogP contribution in [0.3, 0.4) is 0 Å². The zero-order chi connectivity index (χ0) is 15.1. The number of hydrogen-bond acceptors (Lipinski definition) is 3. The smallest absolute Gasteiger partial charge is 0.255 e. The summed E-state index contributed by atoms with van der Waals surface area (Å²) < 4.78 is 0. The van der Waals surface area contributed by atoms with E-state index in [0.29, 0.717) is 17.9 Å². The van der Waals surface area contributed by atoms with Gasteiger partial charge in [0.15, 0.2) is 0 Å². The van der Waals surface area contributed by atoms with Gasteiger partial charge in [-0.25, -0.2) is 4.98 Å². The van der Waals surface area contributed by atoms with Crippen LogP contribution >= 0.6 is 0 Å². The molecule has 2 rings (SSSR count). The molecule has 0 aliphatic rings. The third-order valence-electron chi connectivity index (χ3n) is 3.02. The second-order valence-corrected chi connectivity index (χ2v) is 5.19. The molecule has 0 atom stereocenters. The summed E-state index contributed by atoms with van der Waals surface area (Å²) in [5, 5.41) is 6.13. The van der Waals surface area contributed by atoms with Gasteiger partial charge in [-0.1, -0.05) is 30.3 Å². The standard InChI is InChI=1S/C17H21N3O/c1-13(2)20-16-15(9-6-11-18-16)17(21)19-12-10-14-7-4-3-5-8-14/h3-9,11,13H,10,12H2,1-2H3,(H,18,20)(H,19,21). The number of carbonyl (C=O) groups is 1. The Morgan fingerprint density at radius 1 is 1.14 bits per heavy atom. The minimum absolute atomic E-state index is 0.0952. The van der Waals surface area contributed by atoms with E-state index in [4.69, 9.17) is 0 Å². The molecule has 0 unspecified atom stereocenters. The van der Waals surface area contributed by atoms with Gasteiger partial charge in [-0.3, -0.25) is 4.79 Å². The lowest BCUT2D eigenvalue weighted by Gasteiger charge is -2.13. The van der Waals surface area contributed by atoms with Gasteiger partial charge in [-0.05, 0) is 38.0 Å². The number of amides is 1. The topological polar surface area (TPSA) is 54.0 Å². The summed E-state index contributed by atoms with van der Waals surface area (Å²) in [5.74, 6) is 0.534. The van der Waals surface area contributed by atoms with Gasteiger partial charge in [-0.2, -0.15) is 0 Å². The third kappa shape index (κ3) is 4.60. The van der Waals surface area contributed by atoms with E-state index >= 15 is 0 Å². The highest BCUT2D eigenvalue weighted by Gasteiger charge is 2.12. The Morgan fingerprint density at radius 3 is 2.62 bits per heavy atom. The number of nitrogens with zero attached hydrogens (tertiary/aromatic N) is 1. The lowest BCUT2D eigenvalue weighted by Crippen LogP contribution is -2.27. The fourth-order valence-corrected chi connectivity index (χ4v) is 2.04. The zero-order valence-corrected chi connectivity index (χ0v) is 12.5. The summed E-state index contributed by atoms with van der Waals surface area (Å²) in [6.45, 7) is 4.65. The number of rotatable bonds is 6. The van der Waals surface area contributed by atoms with E-state index < -0.39 is 0 Å². The predicted octanol–water partition coefficient (Wildman–Crippen LogP) is 2.87. The minimum atomic E-state index is -0.0952. The summed E-state index contributed by atoms with van der Waals surface area (Å²) in [7, 11) is 0. The molecule has 4 nitrogen and oxygen atoms in total. The van der Waals surface area contributed by atoms with Gasteiger partial charge >= 0.3 is 0 Å². The SMILES string of the molecule is CC(C)Nc1ncccc1C(=O)NCCc1ccccc1. The summed E-state index contributed by atoms with van der Waals surface area (Å²) in [6.07, 6.45) is 2.51. The van der Waals surface area contributed by atoms with E-state index in [0.717, 1.165) is 6.42 Å². The van der Waals surface area contributed by atoms with Crippen LogP contribution in [0.1, 0.15) is 29.8 Å². The Kier molecular flexibility index (Phi) is 5.32. The maximum absolute atomic E-state index is 12.2. The molecule has 21 heavy (non-hydrogen) atoms. The molecule has 0 aliphatic heterocycles. The molecule has 2 aromatic rings. The number of nitrogens with one attached hydrogen (secondary N) is 2. The van der Waals surface area contributed by atoms with Crippen LogP contribution in [0.15, 0.2) is 48.7 Å². The van der Waals surface area contributed by atoms with Crippen molar-refractivity contribution >= 4 is 11.7 Å². The molecule has 0 spiro atoms. The molecule has 4 heteroatoms. The lowest BCUT2D eigenvalue weighted by atomic mass is 10.1. The average molecular weight is 283 g/mol. The van der Waals surface area contributed by atoms with Crippen LogP contribution in [0.5, 0.6) is 0 Å². The highest BCUT2D eigenvalue weighted by atomic mass is 16.1. The Balaban J connectivity index is 1.94. The molecule has 0 radical (unpaired) electrons. The Labute approximate surface area is 125 Å². The normalized spacial score (nSPS) is 10.4.